The third-order valence-electron chi connectivity index (χ3n) is 3.55. The van der Waals surface area contributed by atoms with Crippen molar-refractivity contribution in [3.8, 4) is 0 Å². The average molecular weight is 310 g/mol. The molecule has 5 heteroatoms. The molecule has 4 nitrogen and oxygen atoms in total. The molecule has 96 valence electrons. The molecule has 1 aliphatic heterocycles. The van der Waals surface area contributed by atoms with Gasteiger partial charge in [-0.05, 0) is 47.3 Å². The minimum absolute atomic E-state index is 0.200. The zero-order valence-corrected chi connectivity index (χ0v) is 11.9. The normalized spacial score (nSPS) is 23.6. The molecule has 1 saturated heterocycles. The van der Waals surface area contributed by atoms with E-state index in [1.165, 1.54) is 12.8 Å². The van der Waals surface area contributed by atoms with Gasteiger partial charge in [0.1, 0.15) is 5.82 Å². The number of pyridine rings is 1. The minimum atomic E-state index is 0.200. The SMILES string of the molecule is Cc1cc(NC2CC(=O)N(C3CC3)C2)ncc1Br. The second-order valence-electron chi connectivity index (χ2n) is 5.14. The highest BCUT2D eigenvalue weighted by Crippen LogP contribution is 2.31. The Morgan fingerprint density at radius 3 is 2.94 bits per heavy atom. The molecule has 0 aromatic carbocycles. The Morgan fingerprint density at radius 2 is 2.28 bits per heavy atom. The lowest BCUT2D eigenvalue weighted by Crippen LogP contribution is -2.29. The molecular formula is C13H16BrN3O. The van der Waals surface area contributed by atoms with Crippen molar-refractivity contribution in [2.24, 2.45) is 0 Å². The van der Waals surface area contributed by atoms with Gasteiger partial charge in [0.25, 0.3) is 0 Å². The van der Waals surface area contributed by atoms with Gasteiger partial charge >= 0.3 is 0 Å². The largest absolute Gasteiger partial charge is 0.365 e. The van der Waals surface area contributed by atoms with E-state index in [1.807, 2.05) is 17.9 Å². The van der Waals surface area contributed by atoms with Gasteiger partial charge in [-0.15, -0.1) is 0 Å². The predicted octanol–water partition coefficient (Wildman–Crippen LogP) is 2.33. The van der Waals surface area contributed by atoms with E-state index < -0.39 is 0 Å². The molecule has 2 aliphatic rings. The number of likely N-dealkylation sites (tertiary alicyclic amines) is 1. The number of carbonyl (C=O) groups excluding carboxylic acids is 1. The lowest BCUT2D eigenvalue weighted by Gasteiger charge is -2.16. The monoisotopic (exact) mass is 309 g/mol. The van der Waals surface area contributed by atoms with Gasteiger partial charge in [0.2, 0.25) is 5.91 Å². The average Bonchev–Trinajstić information content (AvgIpc) is 3.09. The third-order valence-corrected chi connectivity index (χ3v) is 4.38. The van der Waals surface area contributed by atoms with E-state index in [0.29, 0.717) is 12.5 Å². The summed E-state index contributed by atoms with van der Waals surface area (Å²) in [6.45, 7) is 2.85. The van der Waals surface area contributed by atoms with Crippen LogP contribution < -0.4 is 5.32 Å². The molecule has 1 aromatic rings. The Bertz CT molecular complexity index is 487. The van der Waals surface area contributed by atoms with Crippen LogP contribution in [0.2, 0.25) is 0 Å². The first kappa shape index (κ1) is 12.0. The van der Waals surface area contributed by atoms with Gasteiger partial charge in [-0.25, -0.2) is 4.98 Å². The molecule has 0 bridgehead atoms. The van der Waals surface area contributed by atoms with Crippen molar-refractivity contribution in [3.63, 3.8) is 0 Å². The summed E-state index contributed by atoms with van der Waals surface area (Å²) in [5, 5.41) is 3.36. The number of hydrogen-bond donors (Lipinski definition) is 1. The molecule has 1 atom stereocenters. The molecule has 1 aromatic heterocycles. The number of nitrogens with one attached hydrogen (secondary N) is 1. The number of hydrogen-bond acceptors (Lipinski definition) is 3. The molecule has 2 heterocycles. The van der Waals surface area contributed by atoms with E-state index in [-0.39, 0.29) is 11.9 Å². The minimum Gasteiger partial charge on any atom is -0.365 e. The molecule has 0 spiro atoms. The van der Waals surface area contributed by atoms with E-state index in [2.05, 4.69) is 26.2 Å². The number of rotatable bonds is 3. The standard InChI is InChI=1S/C13H16BrN3O/c1-8-4-12(15-6-11(8)14)16-9-5-13(18)17(7-9)10-2-3-10/h4,6,9-10H,2-3,5,7H2,1H3,(H,15,16). The second kappa shape index (κ2) is 4.53. The fraction of sp³-hybridized carbons (Fsp3) is 0.538. The van der Waals surface area contributed by atoms with Crippen LogP contribution in [0, 0.1) is 6.92 Å². The van der Waals surface area contributed by atoms with Crippen molar-refractivity contribution in [1.29, 1.82) is 0 Å². The van der Waals surface area contributed by atoms with Crippen LogP contribution in [0.3, 0.4) is 0 Å². The highest BCUT2D eigenvalue weighted by molar-refractivity contribution is 9.10. The third kappa shape index (κ3) is 2.36. The molecule has 0 radical (unpaired) electrons. The first-order valence-corrected chi connectivity index (χ1v) is 7.11. The molecular weight excluding hydrogens is 294 g/mol. The van der Waals surface area contributed by atoms with Crippen LogP contribution in [0.25, 0.3) is 0 Å². The predicted molar refractivity (Wildman–Crippen MR) is 73.4 cm³/mol. The quantitative estimate of drug-likeness (QED) is 0.932. The van der Waals surface area contributed by atoms with Crippen LogP contribution in [0.4, 0.5) is 5.82 Å². The molecule has 1 unspecified atom stereocenters. The van der Waals surface area contributed by atoms with Crippen molar-refractivity contribution in [3.05, 3.63) is 22.3 Å². The van der Waals surface area contributed by atoms with E-state index >= 15 is 0 Å². The number of anilines is 1. The van der Waals surface area contributed by atoms with Gasteiger partial charge in [-0.3, -0.25) is 4.79 Å². The van der Waals surface area contributed by atoms with Gasteiger partial charge in [-0.1, -0.05) is 0 Å². The van der Waals surface area contributed by atoms with Crippen molar-refractivity contribution in [1.82, 2.24) is 9.88 Å². The number of carbonyl (C=O) groups is 1. The topological polar surface area (TPSA) is 45.2 Å². The number of amides is 1. The molecule has 3 rings (SSSR count). The van der Waals surface area contributed by atoms with Gasteiger partial charge < -0.3 is 10.2 Å². The Hall–Kier alpha value is -1.10. The van der Waals surface area contributed by atoms with E-state index in [9.17, 15) is 4.79 Å². The summed E-state index contributed by atoms with van der Waals surface area (Å²) < 4.78 is 1.01. The van der Waals surface area contributed by atoms with E-state index in [1.54, 1.807) is 6.20 Å². The lowest BCUT2D eigenvalue weighted by atomic mass is 10.2. The van der Waals surface area contributed by atoms with Crippen LogP contribution >= 0.6 is 15.9 Å². The summed E-state index contributed by atoms with van der Waals surface area (Å²) in [4.78, 5) is 18.2. The van der Waals surface area contributed by atoms with Crippen LogP contribution in [0.1, 0.15) is 24.8 Å². The summed E-state index contributed by atoms with van der Waals surface area (Å²) in [7, 11) is 0. The Kier molecular flexibility index (Phi) is 3.01. The van der Waals surface area contributed by atoms with Crippen LogP contribution in [0.5, 0.6) is 0 Å². The van der Waals surface area contributed by atoms with Gasteiger partial charge in [0.05, 0.1) is 6.04 Å². The van der Waals surface area contributed by atoms with Crippen molar-refractivity contribution in [2.75, 3.05) is 11.9 Å². The molecule has 1 aliphatic carbocycles. The van der Waals surface area contributed by atoms with Crippen LogP contribution in [-0.4, -0.2) is 34.4 Å². The Labute approximate surface area is 115 Å². The zero-order valence-electron chi connectivity index (χ0n) is 10.3. The lowest BCUT2D eigenvalue weighted by molar-refractivity contribution is -0.128. The molecule has 18 heavy (non-hydrogen) atoms. The van der Waals surface area contributed by atoms with Crippen molar-refractivity contribution >= 4 is 27.7 Å². The van der Waals surface area contributed by atoms with Gasteiger partial charge in [0.15, 0.2) is 0 Å². The molecule has 1 saturated carbocycles. The maximum atomic E-state index is 11.8. The van der Waals surface area contributed by atoms with Crippen molar-refractivity contribution in [2.45, 2.75) is 38.3 Å². The Morgan fingerprint density at radius 1 is 1.50 bits per heavy atom. The summed E-state index contributed by atoms with van der Waals surface area (Å²) >= 11 is 3.44. The van der Waals surface area contributed by atoms with Crippen LogP contribution in [-0.2, 0) is 4.79 Å². The van der Waals surface area contributed by atoms with Gasteiger partial charge in [0, 0.05) is 29.7 Å². The van der Waals surface area contributed by atoms with E-state index in [4.69, 9.17) is 0 Å². The first-order valence-electron chi connectivity index (χ1n) is 6.31. The number of aryl methyl sites for hydroxylation is 1. The summed E-state index contributed by atoms with van der Waals surface area (Å²) in [6.07, 6.45) is 4.74. The Balaban J connectivity index is 1.66. The highest BCUT2D eigenvalue weighted by atomic mass is 79.9. The smallest absolute Gasteiger partial charge is 0.225 e. The summed E-state index contributed by atoms with van der Waals surface area (Å²) in [5.41, 5.74) is 1.15. The maximum Gasteiger partial charge on any atom is 0.225 e. The number of aromatic nitrogens is 1. The van der Waals surface area contributed by atoms with Crippen molar-refractivity contribution < 1.29 is 4.79 Å². The summed E-state index contributed by atoms with van der Waals surface area (Å²) in [5.74, 6) is 1.13. The molecule has 1 N–H and O–H groups in total. The fourth-order valence-corrected chi connectivity index (χ4v) is 2.61. The zero-order chi connectivity index (χ0) is 12.7. The van der Waals surface area contributed by atoms with Crippen LogP contribution in [0.15, 0.2) is 16.7 Å². The first-order chi connectivity index (χ1) is 8.63. The second-order valence-corrected chi connectivity index (χ2v) is 6.00. The fourth-order valence-electron chi connectivity index (χ4n) is 2.39. The van der Waals surface area contributed by atoms with E-state index in [0.717, 1.165) is 22.4 Å². The highest BCUT2D eigenvalue weighted by Gasteiger charge is 2.39. The van der Waals surface area contributed by atoms with Gasteiger partial charge in [-0.2, -0.15) is 0 Å². The molecule has 2 fully saturated rings. The number of halogens is 1. The summed E-state index contributed by atoms with van der Waals surface area (Å²) in [6, 6.07) is 2.73. The number of nitrogens with zero attached hydrogens (tertiary/aromatic N) is 2. The maximum absolute atomic E-state index is 11.8. The molecule has 1 amide bonds.